The highest BCUT2D eigenvalue weighted by Crippen LogP contribution is 2.28. The van der Waals surface area contributed by atoms with Crippen molar-refractivity contribution in [2.45, 2.75) is 0 Å². The highest BCUT2D eigenvalue weighted by atomic mass is 79.9. The summed E-state index contributed by atoms with van der Waals surface area (Å²) in [5.41, 5.74) is 1.17. The summed E-state index contributed by atoms with van der Waals surface area (Å²) in [6.45, 7) is 0. The topological polar surface area (TPSA) is 37.8 Å². The minimum Gasteiger partial charge on any atom is -0.373 e. The molecule has 0 unspecified atom stereocenters. The van der Waals surface area contributed by atoms with Crippen molar-refractivity contribution in [3.63, 3.8) is 0 Å². The van der Waals surface area contributed by atoms with E-state index in [4.69, 9.17) is 0 Å². The maximum absolute atomic E-state index is 13.9. The molecule has 0 spiro atoms. The molecule has 1 aromatic heterocycles. The fourth-order valence-corrected chi connectivity index (χ4v) is 2.42. The van der Waals surface area contributed by atoms with Crippen LogP contribution in [0.2, 0.25) is 0 Å². The molecule has 3 nitrogen and oxygen atoms in total. The Hall–Kier alpha value is -2.01. The SMILES string of the molecule is CNc1nc(-c2ccccc2F)nc2ccc(Br)cc12. The van der Waals surface area contributed by atoms with Gasteiger partial charge in [0.25, 0.3) is 0 Å². The Labute approximate surface area is 124 Å². The van der Waals surface area contributed by atoms with Crippen molar-refractivity contribution < 1.29 is 4.39 Å². The van der Waals surface area contributed by atoms with E-state index < -0.39 is 0 Å². The van der Waals surface area contributed by atoms with Crippen LogP contribution in [0.15, 0.2) is 46.9 Å². The first-order valence-corrected chi connectivity index (χ1v) is 6.88. The summed E-state index contributed by atoms with van der Waals surface area (Å²) in [7, 11) is 1.79. The summed E-state index contributed by atoms with van der Waals surface area (Å²) in [4.78, 5) is 8.85. The van der Waals surface area contributed by atoms with Crippen LogP contribution in [0.1, 0.15) is 0 Å². The highest BCUT2D eigenvalue weighted by molar-refractivity contribution is 9.10. The minimum absolute atomic E-state index is 0.328. The van der Waals surface area contributed by atoms with E-state index in [0.29, 0.717) is 17.2 Å². The Morgan fingerprint density at radius 1 is 1.10 bits per heavy atom. The van der Waals surface area contributed by atoms with Crippen LogP contribution in [-0.2, 0) is 0 Å². The lowest BCUT2D eigenvalue weighted by atomic mass is 10.1. The van der Waals surface area contributed by atoms with Crippen LogP contribution < -0.4 is 5.32 Å². The molecule has 100 valence electrons. The molecule has 1 heterocycles. The first-order valence-electron chi connectivity index (χ1n) is 6.09. The number of anilines is 1. The van der Waals surface area contributed by atoms with Crippen LogP contribution in [0.25, 0.3) is 22.3 Å². The van der Waals surface area contributed by atoms with Crippen molar-refractivity contribution >= 4 is 32.7 Å². The van der Waals surface area contributed by atoms with E-state index in [1.807, 2.05) is 18.2 Å². The zero-order valence-electron chi connectivity index (χ0n) is 10.7. The Morgan fingerprint density at radius 2 is 1.90 bits per heavy atom. The molecule has 0 atom stereocenters. The van der Waals surface area contributed by atoms with Gasteiger partial charge in [-0.15, -0.1) is 0 Å². The maximum atomic E-state index is 13.9. The Bertz CT molecular complexity index is 789. The van der Waals surface area contributed by atoms with Crippen molar-refractivity contribution in [3.8, 4) is 11.4 Å². The van der Waals surface area contributed by atoms with Crippen LogP contribution in [0.3, 0.4) is 0 Å². The molecule has 3 aromatic rings. The van der Waals surface area contributed by atoms with Crippen LogP contribution in [0, 0.1) is 5.82 Å². The third-order valence-corrected chi connectivity index (χ3v) is 3.50. The van der Waals surface area contributed by atoms with E-state index in [9.17, 15) is 4.39 Å². The molecular formula is C15H11BrFN3. The zero-order chi connectivity index (χ0) is 14.1. The van der Waals surface area contributed by atoms with Crippen LogP contribution >= 0.6 is 15.9 Å². The van der Waals surface area contributed by atoms with Gasteiger partial charge < -0.3 is 5.32 Å². The van der Waals surface area contributed by atoms with Gasteiger partial charge >= 0.3 is 0 Å². The van der Waals surface area contributed by atoms with Crippen LogP contribution in [0.5, 0.6) is 0 Å². The molecule has 0 amide bonds. The summed E-state index contributed by atoms with van der Waals surface area (Å²) in [6.07, 6.45) is 0. The number of aromatic nitrogens is 2. The molecule has 0 saturated carbocycles. The number of rotatable bonds is 2. The number of halogens is 2. The monoisotopic (exact) mass is 331 g/mol. The van der Waals surface area contributed by atoms with Crippen molar-refractivity contribution in [1.82, 2.24) is 9.97 Å². The Kier molecular flexibility index (Phi) is 3.36. The molecule has 5 heteroatoms. The summed E-state index contributed by atoms with van der Waals surface area (Å²) in [6, 6.07) is 12.2. The standard InChI is InChI=1S/C15H11BrFN3/c1-18-14-11-8-9(16)6-7-13(11)19-15(20-14)10-4-2-3-5-12(10)17/h2-8H,1H3,(H,18,19,20). The predicted molar refractivity (Wildman–Crippen MR) is 82.2 cm³/mol. The maximum Gasteiger partial charge on any atom is 0.165 e. The normalized spacial score (nSPS) is 10.8. The predicted octanol–water partition coefficient (Wildman–Crippen LogP) is 4.24. The summed E-state index contributed by atoms with van der Waals surface area (Å²) >= 11 is 3.43. The van der Waals surface area contributed by atoms with Gasteiger partial charge in [0.1, 0.15) is 11.6 Å². The lowest BCUT2D eigenvalue weighted by molar-refractivity contribution is 0.630. The van der Waals surface area contributed by atoms with E-state index in [0.717, 1.165) is 15.4 Å². The van der Waals surface area contributed by atoms with Crippen LogP contribution in [0.4, 0.5) is 10.2 Å². The number of benzene rings is 2. The molecule has 2 aromatic carbocycles. The quantitative estimate of drug-likeness (QED) is 0.763. The van der Waals surface area contributed by atoms with E-state index in [2.05, 4.69) is 31.2 Å². The fourth-order valence-electron chi connectivity index (χ4n) is 2.05. The van der Waals surface area contributed by atoms with Gasteiger partial charge in [0, 0.05) is 16.9 Å². The molecule has 0 radical (unpaired) electrons. The number of hydrogen-bond donors (Lipinski definition) is 1. The van der Waals surface area contributed by atoms with Gasteiger partial charge in [-0.1, -0.05) is 28.1 Å². The number of nitrogens with zero attached hydrogens (tertiary/aromatic N) is 2. The number of fused-ring (bicyclic) bond motifs is 1. The Balaban J connectivity index is 2.29. The molecule has 3 rings (SSSR count). The average molecular weight is 332 g/mol. The smallest absolute Gasteiger partial charge is 0.165 e. The molecule has 0 fully saturated rings. The first-order chi connectivity index (χ1) is 9.69. The molecule has 1 N–H and O–H groups in total. The summed E-state index contributed by atoms with van der Waals surface area (Å²) in [5.74, 6) is 0.725. The van der Waals surface area contributed by atoms with Crippen molar-refractivity contribution in [2.75, 3.05) is 12.4 Å². The van der Waals surface area contributed by atoms with Gasteiger partial charge in [-0.2, -0.15) is 0 Å². The third-order valence-electron chi connectivity index (χ3n) is 3.01. The second-order valence-electron chi connectivity index (χ2n) is 4.29. The molecule has 0 bridgehead atoms. The van der Waals surface area contributed by atoms with Gasteiger partial charge in [0.05, 0.1) is 11.1 Å². The third kappa shape index (κ3) is 2.25. The molecular weight excluding hydrogens is 321 g/mol. The average Bonchev–Trinajstić information content (AvgIpc) is 2.46. The summed E-state index contributed by atoms with van der Waals surface area (Å²) in [5, 5.41) is 3.92. The highest BCUT2D eigenvalue weighted by Gasteiger charge is 2.11. The van der Waals surface area contributed by atoms with Gasteiger partial charge in [0.2, 0.25) is 0 Å². The minimum atomic E-state index is -0.328. The van der Waals surface area contributed by atoms with Crippen molar-refractivity contribution in [3.05, 3.63) is 52.8 Å². The lowest BCUT2D eigenvalue weighted by Gasteiger charge is -2.09. The summed E-state index contributed by atoms with van der Waals surface area (Å²) < 4.78 is 14.8. The molecule has 0 aliphatic heterocycles. The zero-order valence-corrected chi connectivity index (χ0v) is 12.3. The van der Waals surface area contributed by atoms with E-state index >= 15 is 0 Å². The first kappa shape index (κ1) is 13.0. The van der Waals surface area contributed by atoms with Gasteiger partial charge in [-0.3, -0.25) is 0 Å². The molecule has 20 heavy (non-hydrogen) atoms. The van der Waals surface area contributed by atoms with Gasteiger partial charge in [-0.25, -0.2) is 14.4 Å². The van der Waals surface area contributed by atoms with Crippen molar-refractivity contribution in [1.29, 1.82) is 0 Å². The molecule has 0 saturated heterocycles. The van der Waals surface area contributed by atoms with E-state index in [1.165, 1.54) is 6.07 Å². The second kappa shape index (κ2) is 5.17. The lowest BCUT2D eigenvalue weighted by Crippen LogP contribution is -1.99. The second-order valence-corrected chi connectivity index (χ2v) is 5.20. The number of nitrogens with one attached hydrogen (secondary N) is 1. The van der Waals surface area contributed by atoms with Crippen molar-refractivity contribution in [2.24, 2.45) is 0 Å². The largest absolute Gasteiger partial charge is 0.373 e. The van der Waals surface area contributed by atoms with E-state index in [-0.39, 0.29) is 5.82 Å². The number of hydrogen-bond acceptors (Lipinski definition) is 3. The van der Waals surface area contributed by atoms with Crippen LogP contribution in [-0.4, -0.2) is 17.0 Å². The van der Waals surface area contributed by atoms with E-state index in [1.54, 1.807) is 25.2 Å². The molecule has 0 aliphatic carbocycles. The van der Waals surface area contributed by atoms with Gasteiger partial charge in [-0.05, 0) is 30.3 Å². The van der Waals surface area contributed by atoms with Gasteiger partial charge in [0.15, 0.2) is 5.82 Å². The molecule has 0 aliphatic rings. The fraction of sp³-hybridized carbons (Fsp3) is 0.0667. The Morgan fingerprint density at radius 3 is 2.65 bits per heavy atom.